The van der Waals surface area contributed by atoms with Gasteiger partial charge in [-0.25, -0.2) is 8.42 Å². The summed E-state index contributed by atoms with van der Waals surface area (Å²) in [7, 11) is -3.04. The molecule has 4 nitrogen and oxygen atoms in total. The first-order valence-corrected chi connectivity index (χ1v) is 8.33. The summed E-state index contributed by atoms with van der Waals surface area (Å²) in [5.74, 6) is -0.267. The third-order valence-electron chi connectivity index (χ3n) is 2.48. The number of amides is 1. The topological polar surface area (TPSA) is 63.2 Å². The number of sulfone groups is 1. The van der Waals surface area contributed by atoms with E-state index in [1.807, 2.05) is 24.3 Å². The molecule has 0 aliphatic heterocycles. The molecule has 0 radical (unpaired) electrons. The summed E-state index contributed by atoms with van der Waals surface area (Å²) in [5.41, 5.74) is 0.601. The van der Waals surface area contributed by atoms with E-state index >= 15 is 0 Å². The van der Waals surface area contributed by atoms with E-state index in [1.165, 1.54) is 11.3 Å². The van der Waals surface area contributed by atoms with Crippen molar-refractivity contribution in [3.63, 3.8) is 0 Å². The number of hydrogen-bond acceptors (Lipinski definition) is 4. The Morgan fingerprint density at radius 3 is 2.78 bits per heavy atom. The van der Waals surface area contributed by atoms with Crippen molar-refractivity contribution in [1.29, 1.82) is 0 Å². The van der Waals surface area contributed by atoms with Crippen LogP contribution in [0.1, 0.15) is 10.4 Å². The monoisotopic (exact) mass is 283 g/mol. The molecule has 0 fully saturated rings. The summed E-state index contributed by atoms with van der Waals surface area (Å²) in [6.07, 6.45) is 1.15. The SMILES string of the molecule is CS(=O)(=O)CCNC(=O)c1csc2ccccc12. The van der Waals surface area contributed by atoms with Crippen LogP contribution >= 0.6 is 11.3 Å². The molecule has 0 saturated carbocycles. The van der Waals surface area contributed by atoms with Gasteiger partial charge in [-0.3, -0.25) is 4.79 Å². The Labute approximate surface area is 110 Å². The molecule has 1 aromatic heterocycles. The minimum atomic E-state index is -3.04. The Kier molecular flexibility index (Phi) is 3.68. The summed E-state index contributed by atoms with van der Waals surface area (Å²) in [6, 6.07) is 7.64. The normalized spacial score (nSPS) is 11.6. The van der Waals surface area contributed by atoms with Gasteiger partial charge in [0.1, 0.15) is 9.84 Å². The maximum absolute atomic E-state index is 11.9. The largest absolute Gasteiger partial charge is 0.351 e. The lowest BCUT2D eigenvalue weighted by molar-refractivity contribution is 0.0958. The molecule has 1 N–H and O–H groups in total. The fraction of sp³-hybridized carbons (Fsp3) is 0.250. The van der Waals surface area contributed by atoms with Gasteiger partial charge >= 0.3 is 0 Å². The third-order valence-corrected chi connectivity index (χ3v) is 4.39. The molecule has 1 amide bonds. The zero-order chi connectivity index (χ0) is 13.2. The van der Waals surface area contributed by atoms with Crippen molar-refractivity contribution in [2.45, 2.75) is 0 Å². The number of rotatable bonds is 4. The zero-order valence-electron chi connectivity index (χ0n) is 9.84. The Balaban J connectivity index is 2.10. The first kappa shape index (κ1) is 13.0. The molecule has 2 rings (SSSR count). The maximum atomic E-state index is 11.9. The number of carbonyl (C=O) groups is 1. The molecule has 0 atom stereocenters. The predicted molar refractivity (Wildman–Crippen MR) is 73.9 cm³/mol. The average Bonchev–Trinajstić information content (AvgIpc) is 2.70. The summed E-state index contributed by atoms with van der Waals surface area (Å²) in [6.45, 7) is 0.141. The van der Waals surface area contributed by atoms with Crippen molar-refractivity contribution in [1.82, 2.24) is 5.32 Å². The highest BCUT2D eigenvalue weighted by Gasteiger charge is 2.12. The summed E-state index contributed by atoms with van der Waals surface area (Å²) in [5, 5.41) is 5.32. The number of thiophene rings is 1. The summed E-state index contributed by atoms with van der Waals surface area (Å²) in [4.78, 5) is 11.9. The Morgan fingerprint density at radius 2 is 2.06 bits per heavy atom. The van der Waals surface area contributed by atoms with Crippen LogP contribution in [0.2, 0.25) is 0 Å². The van der Waals surface area contributed by atoms with Crippen LogP contribution < -0.4 is 5.32 Å². The van der Waals surface area contributed by atoms with Crippen molar-refractivity contribution in [3.05, 3.63) is 35.2 Å². The lowest BCUT2D eigenvalue weighted by Crippen LogP contribution is -2.28. The Bertz CT molecular complexity index is 673. The maximum Gasteiger partial charge on any atom is 0.252 e. The molecular weight excluding hydrogens is 270 g/mol. The fourth-order valence-electron chi connectivity index (χ4n) is 1.60. The van der Waals surface area contributed by atoms with Crippen molar-refractivity contribution in [3.8, 4) is 0 Å². The molecule has 0 aliphatic rings. The van der Waals surface area contributed by atoms with Crippen molar-refractivity contribution in [2.75, 3.05) is 18.6 Å². The quantitative estimate of drug-likeness (QED) is 0.928. The highest BCUT2D eigenvalue weighted by atomic mass is 32.2. The highest BCUT2D eigenvalue weighted by Crippen LogP contribution is 2.25. The second-order valence-corrected chi connectivity index (χ2v) is 7.20. The van der Waals surface area contributed by atoms with Crippen molar-refractivity contribution >= 4 is 37.2 Å². The Morgan fingerprint density at radius 1 is 1.33 bits per heavy atom. The first-order chi connectivity index (χ1) is 8.47. The van der Waals surface area contributed by atoms with Gasteiger partial charge < -0.3 is 5.32 Å². The van der Waals surface area contributed by atoms with Crippen LogP contribution in [-0.4, -0.2) is 32.9 Å². The van der Waals surface area contributed by atoms with Gasteiger partial charge in [0.15, 0.2) is 0 Å². The van der Waals surface area contributed by atoms with Crippen LogP contribution in [0.3, 0.4) is 0 Å². The van der Waals surface area contributed by atoms with Crippen LogP contribution in [-0.2, 0) is 9.84 Å². The lowest BCUT2D eigenvalue weighted by Gasteiger charge is -2.03. The highest BCUT2D eigenvalue weighted by molar-refractivity contribution is 7.90. The van der Waals surface area contributed by atoms with Gasteiger partial charge in [0.25, 0.3) is 5.91 Å². The van der Waals surface area contributed by atoms with Gasteiger partial charge in [-0.2, -0.15) is 0 Å². The molecule has 96 valence electrons. The van der Waals surface area contributed by atoms with Gasteiger partial charge in [0.2, 0.25) is 0 Å². The van der Waals surface area contributed by atoms with E-state index in [0.29, 0.717) is 5.56 Å². The van der Waals surface area contributed by atoms with Crippen LogP contribution in [0, 0.1) is 0 Å². The van der Waals surface area contributed by atoms with E-state index < -0.39 is 9.84 Å². The molecule has 0 unspecified atom stereocenters. The average molecular weight is 283 g/mol. The zero-order valence-corrected chi connectivity index (χ0v) is 11.5. The minimum Gasteiger partial charge on any atom is -0.351 e. The Hall–Kier alpha value is -1.40. The second-order valence-electron chi connectivity index (χ2n) is 4.03. The van der Waals surface area contributed by atoms with Gasteiger partial charge in [-0.05, 0) is 6.07 Å². The standard InChI is InChI=1S/C12H13NO3S2/c1-18(15,16)7-6-13-12(14)10-8-17-11-5-3-2-4-9(10)11/h2-5,8H,6-7H2,1H3,(H,13,14). The molecule has 1 heterocycles. The second kappa shape index (κ2) is 5.07. The number of benzene rings is 1. The van der Waals surface area contributed by atoms with Gasteiger partial charge in [0, 0.05) is 28.3 Å². The van der Waals surface area contributed by atoms with Gasteiger partial charge in [-0.15, -0.1) is 11.3 Å². The van der Waals surface area contributed by atoms with Crippen molar-refractivity contribution in [2.24, 2.45) is 0 Å². The van der Waals surface area contributed by atoms with Gasteiger partial charge in [0.05, 0.1) is 11.3 Å². The van der Waals surface area contributed by atoms with Crippen LogP contribution in [0.5, 0.6) is 0 Å². The van der Waals surface area contributed by atoms with E-state index in [1.54, 1.807) is 5.38 Å². The number of hydrogen-bond donors (Lipinski definition) is 1. The van der Waals surface area contributed by atoms with E-state index in [9.17, 15) is 13.2 Å². The summed E-state index contributed by atoms with van der Waals surface area (Å²) >= 11 is 1.50. The smallest absolute Gasteiger partial charge is 0.252 e. The third kappa shape index (κ3) is 3.08. The number of carbonyl (C=O) groups excluding carboxylic acids is 1. The molecule has 18 heavy (non-hydrogen) atoms. The molecule has 1 aromatic carbocycles. The number of nitrogens with one attached hydrogen (secondary N) is 1. The van der Waals surface area contributed by atoms with E-state index in [-0.39, 0.29) is 18.2 Å². The van der Waals surface area contributed by atoms with E-state index in [4.69, 9.17) is 0 Å². The summed E-state index contributed by atoms with van der Waals surface area (Å²) < 4.78 is 23.0. The van der Waals surface area contributed by atoms with E-state index in [0.717, 1.165) is 16.3 Å². The van der Waals surface area contributed by atoms with Crippen LogP contribution in [0.25, 0.3) is 10.1 Å². The van der Waals surface area contributed by atoms with Crippen LogP contribution in [0.15, 0.2) is 29.6 Å². The van der Waals surface area contributed by atoms with Crippen LogP contribution in [0.4, 0.5) is 0 Å². The fourth-order valence-corrected chi connectivity index (χ4v) is 3.01. The minimum absolute atomic E-state index is 0.0409. The predicted octanol–water partition coefficient (Wildman–Crippen LogP) is 1.68. The lowest BCUT2D eigenvalue weighted by atomic mass is 10.2. The van der Waals surface area contributed by atoms with Crippen molar-refractivity contribution < 1.29 is 13.2 Å². The molecule has 0 bridgehead atoms. The first-order valence-electron chi connectivity index (χ1n) is 5.39. The molecule has 0 spiro atoms. The molecule has 0 aliphatic carbocycles. The van der Waals surface area contributed by atoms with Gasteiger partial charge in [-0.1, -0.05) is 18.2 Å². The van der Waals surface area contributed by atoms with E-state index in [2.05, 4.69) is 5.32 Å². The molecular formula is C12H13NO3S2. The molecule has 0 saturated heterocycles. The number of fused-ring (bicyclic) bond motifs is 1. The molecule has 2 aromatic rings. The molecule has 6 heteroatoms.